The Bertz CT molecular complexity index is 784. The van der Waals surface area contributed by atoms with Crippen LogP contribution in [0.15, 0.2) is 48.9 Å². The summed E-state index contributed by atoms with van der Waals surface area (Å²) in [6.07, 6.45) is 3.94. The van der Waals surface area contributed by atoms with Crippen LogP contribution >= 0.6 is 0 Å². The first-order chi connectivity index (χ1) is 10.1. The molecule has 0 spiro atoms. The molecule has 21 heavy (non-hydrogen) atoms. The minimum absolute atomic E-state index is 0.0280. The SMILES string of the molecule is O=C(O)c1cn(-c2ccccn2)nc1-c1ccc(F)cn1. The Morgan fingerprint density at radius 1 is 1.19 bits per heavy atom. The number of rotatable bonds is 3. The largest absolute Gasteiger partial charge is 0.478 e. The van der Waals surface area contributed by atoms with Crippen molar-refractivity contribution in [3.05, 3.63) is 60.3 Å². The number of carboxylic acid groups (broad SMARTS) is 1. The van der Waals surface area contributed by atoms with E-state index in [0.29, 0.717) is 5.82 Å². The second-order valence-corrected chi connectivity index (χ2v) is 4.19. The van der Waals surface area contributed by atoms with E-state index in [9.17, 15) is 14.3 Å². The molecule has 3 aromatic rings. The van der Waals surface area contributed by atoms with E-state index in [0.717, 1.165) is 6.20 Å². The zero-order chi connectivity index (χ0) is 14.8. The molecule has 0 fully saturated rings. The highest BCUT2D eigenvalue weighted by molar-refractivity contribution is 5.94. The average molecular weight is 284 g/mol. The van der Waals surface area contributed by atoms with Gasteiger partial charge in [-0.25, -0.2) is 18.9 Å². The maximum absolute atomic E-state index is 12.9. The van der Waals surface area contributed by atoms with Crippen LogP contribution in [0.5, 0.6) is 0 Å². The Balaban J connectivity index is 2.14. The van der Waals surface area contributed by atoms with Crippen LogP contribution in [0.3, 0.4) is 0 Å². The molecule has 0 atom stereocenters. The number of hydrogen-bond donors (Lipinski definition) is 1. The minimum atomic E-state index is -1.14. The van der Waals surface area contributed by atoms with E-state index >= 15 is 0 Å². The highest BCUT2D eigenvalue weighted by Crippen LogP contribution is 2.21. The lowest BCUT2D eigenvalue weighted by Gasteiger charge is -1.99. The summed E-state index contributed by atoms with van der Waals surface area (Å²) in [5, 5.41) is 13.5. The van der Waals surface area contributed by atoms with Crippen LogP contribution in [-0.2, 0) is 0 Å². The Labute approximate surface area is 118 Å². The van der Waals surface area contributed by atoms with E-state index in [1.165, 1.54) is 23.0 Å². The first kappa shape index (κ1) is 12.9. The van der Waals surface area contributed by atoms with Gasteiger partial charge in [-0.3, -0.25) is 4.98 Å². The van der Waals surface area contributed by atoms with Crippen molar-refractivity contribution in [1.82, 2.24) is 19.7 Å². The molecule has 3 rings (SSSR count). The molecule has 0 aliphatic carbocycles. The molecule has 3 aromatic heterocycles. The number of hydrogen-bond acceptors (Lipinski definition) is 4. The predicted molar refractivity (Wildman–Crippen MR) is 71.5 cm³/mol. The molecule has 1 N–H and O–H groups in total. The van der Waals surface area contributed by atoms with Crippen LogP contribution in [0.2, 0.25) is 0 Å². The van der Waals surface area contributed by atoms with Crippen molar-refractivity contribution in [2.24, 2.45) is 0 Å². The lowest BCUT2D eigenvalue weighted by molar-refractivity contribution is 0.0697. The van der Waals surface area contributed by atoms with E-state index in [4.69, 9.17) is 0 Å². The van der Waals surface area contributed by atoms with Gasteiger partial charge >= 0.3 is 5.97 Å². The molecular formula is C14H9FN4O2. The molecule has 6 nitrogen and oxygen atoms in total. The number of halogens is 1. The Morgan fingerprint density at radius 3 is 2.67 bits per heavy atom. The summed E-state index contributed by atoms with van der Waals surface area (Å²) in [5.74, 6) is -1.16. The Morgan fingerprint density at radius 2 is 2.05 bits per heavy atom. The van der Waals surface area contributed by atoms with Gasteiger partial charge in [0.2, 0.25) is 0 Å². The van der Waals surface area contributed by atoms with Crippen molar-refractivity contribution in [2.45, 2.75) is 0 Å². The topological polar surface area (TPSA) is 80.9 Å². The van der Waals surface area contributed by atoms with Gasteiger partial charge in [-0.2, -0.15) is 5.10 Å². The molecule has 7 heteroatoms. The molecule has 3 heterocycles. The van der Waals surface area contributed by atoms with Gasteiger partial charge in [0.15, 0.2) is 5.82 Å². The fourth-order valence-electron chi connectivity index (χ4n) is 1.84. The molecule has 0 aliphatic rings. The van der Waals surface area contributed by atoms with Crippen molar-refractivity contribution in [2.75, 3.05) is 0 Å². The third kappa shape index (κ3) is 2.48. The van der Waals surface area contributed by atoms with Crippen molar-refractivity contribution in [1.29, 1.82) is 0 Å². The number of aromatic nitrogens is 4. The van der Waals surface area contributed by atoms with E-state index in [2.05, 4.69) is 15.1 Å². The van der Waals surface area contributed by atoms with Crippen molar-refractivity contribution in [3.8, 4) is 17.2 Å². The molecular weight excluding hydrogens is 275 g/mol. The van der Waals surface area contributed by atoms with Gasteiger partial charge in [0, 0.05) is 12.4 Å². The fraction of sp³-hybridized carbons (Fsp3) is 0. The third-order valence-corrected chi connectivity index (χ3v) is 2.80. The van der Waals surface area contributed by atoms with E-state index < -0.39 is 11.8 Å². The van der Waals surface area contributed by atoms with Gasteiger partial charge in [0.25, 0.3) is 0 Å². The Hall–Kier alpha value is -3.09. The van der Waals surface area contributed by atoms with Crippen molar-refractivity contribution < 1.29 is 14.3 Å². The maximum Gasteiger partial charge on any atom is 0.339 e. The molecule has 0 unspecified atom stereocenters. The molecule has 0 aromatic carbocycles. The van der Waals surface area contributed by atoms with Crippen LogP contribution in [-0.4, -0.2) is 30.8 Å². The van der Waals surface area contributed by atoms with Gasteiger partial charge in [-0.1, -0.05) is 6.07 Å². The normalized spacial score (nSPS) is 10.5. The summed E-state index contributed by atoms with van der Waals surface area (Å²) in [5.41, 5.74) is 0.413. The summed E-state index contributed by atoms with van der Waals surface area (Å²) < 4.78 is 14.3. The lowest BCUT2D eigenvalue weighted by Crippen LogP contribution is -1.97. The van der Waals surface area contributed by atoms with Gasteiger partial charge in [0.05, 0.1) is 11.9 Å². The summed E-state index contributed by atoms with van der Waals surface area (Å²) in [4.78, 5) is 19.3. The number of nitrogens with zero attached hydrogens (tertiary/aromatic N) is 4. The predicted octanol–water partition coefficient (Wildman–Crippen LogP) is 2.17. The summed E-state index contributed by atoms with van der Waals surface area (Å²) in [6, 6.07) is 7.79. The molecule has 0 amide bonds. The average Bonchev–Trinajstić information content (AvgIpc) is 2.94. The fourth-order valence-corrected chi connectivity index (χ4v) is 1.84. The summed E-state index contributed by atoms with van der Waals surface area (Å²) in [6.45, 7) is 0. The highest BCUT2D eigenvalue weighted by atomic mass is 19.1. The number of pyridine rings is 2. The molecule has 104 valence electrons. The zero-order valence-electron chi connectivity index (χ0n) is 10.6. The van der Waals surface area contributed by atoms with Gasteiger partial charge in [0.1, 0.15) is 17.1 Å². The number of carbonyl (C=O) groups is 1. The third-order valence-electron chi connectivity index (χ3n) is 2.80. The lowest BCUT2D eigenvalue weighted by atomic mass is 10.2. The Kier molecular flexibility index (Phi) is 3.15. The first-order valence-corrected chi connectivity index (χ1v) is 6.01. The van der Waals surface area contributed by atoms with Crippen molar-refractivity contribution in [3.63, 3.8) is 0 Å². The smallest absolute Gasteiger partial charge is 0.339 e. The molecule has 0 bridgehead atoms. The molecule has 0 saturated carbocycles. The van der Waals surface area contributed by atoms with Crippen LogP contribution in [0.1, 0.15) is 10.4 Å². The van der Waals surface area contributed by atoms with E-state index in [-0.39, 0.29) is 17.0 Å². The quantitative estimate of drug-likeness (QED) is 0.797. The monoisotopic (exact) mass is 284 g/mol. The van der Waals surface area contributed by atoms with E-state index in [1.807, 2.05) is 0 Å². The van der Waals surface area contributed by atoms with Crippen LogP contribution in [0.4, 0.5) is 4.39 Å². The van der Waals surface area contributed by atoms with Crippen LogP contribution < -0.4 is 0 Å². The van der Waals surface area contributed by atoms with Crippen LogP contribution in [0, 0.1) is 5.82 Å². The van der Waals surface area contributed by atoms with Gasteiger partial charge in [-0.15, -0.1) is 0 Å². The summed E-state index contributed by atoms with van der Waals surface area (Å²) >= 11 is 0. The zero-order valence-corrected chi connectivity index (χ0v) is 10.6. The van der Waals surface area contributed by atoms with Crippen molar-refractivity contribution >= 4 is 5.97 Å². The van der Waals surface area contributed by atoms with Gasteiger partial charge < -0.3 is 5.11 Å². The maximum atomic E-state index is 12.9. The standard InChI is InChI=1S/C14H9FN4O2/c15-9-4-5-11(17-7-9)13-10(14(20)21)8-19(18-13)12-3-1-2-6-16-12/h1-8H,(H,20,21). The van der Waals surface area contributed by atoms with Crippen LogP contribution in [0.25, 0.3) is 17.2 Å². The molecule has 0 aliphatic heterocycles. The second kappa shape index (κ2) is 5.12. The molecule has 0 saturated heterocycles. The van der Waals surface area contributed by atoms with Gasteiger partial charge in [-0.05, 0) is 24.3 Å². The molecule has 0 radical (unpaired) electrons. The highest BCUT2D eigenvalue weighted by Gasteiger charge is 2.19. The number of carboxylic acids is 1. The first-order valence-electron chi connectivity index (χ1n) is 6.01. The second-order valence-electron chi connectivity index (χ2n) is 4.19. The minimum Gasteiger partial charge on any atom is -0.478 e. The summed E-state index contributed by atoms with van der Waals surface area (Å²) in [7, 11) is 0. The van der Waals surface area contributed by atoms with E-state index in [1.54, 1.807) is 24.4 Å². The number of aromatic carboxylic acids is 1.